The van der Waals surface area contributed by atoms with E-state index in [2.05, 4.69) is 10.3 Å². The Hall–Kier alpha value is -2.93. The fourth-order valence-corrected chi connectivity index (χ4v) is 2.85. The molecule has 0 aliphatic heterocycles. The first-order chi connectivity index (χ1) is 12.5. The van der Waals surface area contributed by atoms with Gasteiger partial charge in [-0.25, -0.2) is 0 Å². The Labute approximate surface area is 155 Å². The monoisotopic (exact) mass is 369 g/mol. The van der Waals surface area contributed by atoms with E-state index in [4.69, 9.17) is 17.0 Å². The van der Waals surface area contributed by atoms with Crippen LogP contribution in [0, 0.1) is 4.77 Å². The van der Waals surface area contributed by atoms with Crippen molar-refractivity contribution in [3.05, 3.63) is 68.7 Å². The van der Waals surface area contributed by atoms with Crippen molar-refractivity contribution in [3.8, 4) is 5.75 Å². The number of amides is 1. The second kappa shape index (κ2) is 7.53. The minimum absolute atomic E-state index is 0.185. The van der Waals surface area contributed by atoms with Crippen molar-refractivity contribution in [3.63, 3.8) is 0 Å². The van der Waals surface area contributed by atoms with Gasteiger partial charge in [-0.1, -0.05) is 12.1 Å². The van der Waals surface area contributed by atoms with Gasteiger partial charge in [0.05, 0.1) is 18.0 Å². The standard InChI is InChI=1S/C19H19N3O3S/c1-22-18(24)15-8-5-13(11-16(15)21-19(22)26)17(23)20-10-9-12-3-6-14(25-2)7-4-12/h3-8,11H,9-10H2,1-2H3,(H,20,23)(H,21,26). The predicted molar refractivity (Wildman–Crippen MR) is 103 cm³/mol. The van der Waals surface area contributed by atoms with Gasteiger partial charge in [0.1, 0.15) is 5.75 Å². The van der Waals surface area contributed by atoms with Crippen LogP contribution in [0.15, 0.2) is 47.3 Å². The maximum absolute atomic E-state index is 12.4. The van der Waals surface area contributed by atoms with Gasteiger partial charge in [-0.15, -0.1) is 0 Å². The topological polar surface area (TPSA) is 76.1 Å². The Morgan fingerprint density at radius 1 is 1.23 bits per heavy atom. The van der Waals surface area contributed by atoms with Crippen LogP contribution in [0.4, 0.5) is 0 Å². The van der Waals surface area contributed by atoms with E-state index < -0.39 is 0 Å². The third kappa shape index (κ3) is 3.67. The molecule has 0 aliphatic carbocycles. The number of rotatable bonds is 5. The normalized spacial score (nSPS) is 10.7. The molecule has 0 spiro atoms. The number of aromatic amines is 1. The molecule has 6 nitrogen and oxygen atoms in total. The summed E-state index contributed by atoms with van der Waals surface area (Å²) in [4.78, 5) is 27.5. The van der Waals surface area contributed by atoms with Crippen LogP contribution in [-0.2, 0) is 13.5 Å². The molecule has 0 saturated carbocycles. The summed E-state index contributed by atoms with van der Waals surface area (Å²) in [5.41, 5.74) is 1.96. The summed E-state index contributed by atoms with van der Waals surface area (Å²) >= 11 is 5.12. The minimum atomic E-state index is -0.194. The van der Waals surface area contributed by atoms with Gasteiger partial charge in [-0.3, -0.25) is 14.2 Å². The molecule has 2 aromatic carbocycles. The summed E-state index contributed by atoms with van der Waals surface area (Å²) in [7, 11) is 3.24. The molecule has 1 amide bonds. The highest BCUT2D eigenvalue weighted by atomic mass is 32.1. The van der Waals surface area contributed by atoms with Gasteiger partial charge < -0.3 is 15.0 Å². The Morgan fingerprint density at radius 2 is 1.96 bits per heavy atom. The molecular weight excluding hydrogens is 350 g/mol. The molecule has 0 fully saturated rings. The lowest BCUT2D eigenvalue weighted by atomic mass is 10.1. The van der Waals surface area contributed by atoms with E-state index >= 15 is 0 Å². The van der Waals surface area contributed by atoms with Gasteiger partial charge in [0.15, 0.2) is 4.77 Å². The van der Waals surface area contributed by atoms with Gasteiger partial charge in [0, 0.05) is 19.2 Å². The van der Waals surface area contributed by atoms with Crippen LogP contribution in [0.25, 0.3) is 10.9 Å². The minimum Gasteiger partial charge on any atom is -0.497 e. The maximum atomic E-state index is 12.4. The van der Waals surface area contributed by atoms with Gasteiger partial charge in [0.25, 0.3) is 11.5 Å². The molecule has 134 valence electrons. The predicted octanol–water partition coefficient (Wildman–Crippen LogP) is 2.58. The number of nitrogens with one attached hydrogen (secondary N) is 2. The van der Waals surface area contributed by atoms with Crippen LogP contribution < -0.4 is 15.6 Å². The molecular formula is C19H19N3O3S. The van der Waals surface area contributed by atoms with Gasteiger partial charge in [-0.2, -0.15) is 0 Å². The number of methoxy groups -OCH3 is 1. The largest absolute Gasteiger partial charge is 0.497 e. The summed E-state index contributed by atoms with van der Waals surface area (Å²) in [6, 6.07) is 12.7. The van der Waals surface area contributed by atoms with Crippen LogP contribution in [0.5, 0.6) is 5.75 Å². The first kappa shape index (κ1) is 17.9. The van der Waals surface area contributed by atoms with Crippen molar-refractivity contribution >= 4 is 29.0 Å². The van der Waals surface area contributed by atoms with Crippen LogP contribution in [0.3, 0.4) is 0 Å². The SMILES string of the molecule is COc1ccc(CCNC(=O)c2ccc3c(=O)n(C)c(=S)[nH]c3c2)cc1. The highest BCUT2D eigenvalue weighted by molar-refractivity contribution is 7.71. The molecule has 3 rings (SSSR count). The van der Waals surface area contributed by atoms with Gasteiger partial charge in [-0.05, 0) is 54.5 Å². The van der Waals surface area contributed by atoms with Crippen molar-refractivity contribution in [1.29, 1.82) is 0 Å². The molecule has 0 saturated heterocycles. The highest BCUT2D eigenvalue weighted by Crippen LogP contribution is 2.12. The highest BCUT2D eigenvalue weighted by Gasteiger charge is 2.09. The summed E-state index contributed by atoms with van der Waals surface area (Å²) in [6.07, 6.45) is 0.715. The first-order valence-electron chi connectivity index (χ1n) is 8.14. The number of carbonyl (C=O) groups excluding carboxylic acids is 1. The molecule has 0 atom stereocenters. The quantitative estimate of drug-likeness (QED) is 0.678. The molecule has 2 N–H and O–H groups in total. The van der Waals surface area contributed by atoms with Crippen molar-refractivity contribution in [2.75, 3.05) is 13.7 Å². The zero-order valence-corrected chi connectivity index (χ0v) is 15.4. The second-order valence-corrected chi connectivity index (χ2v) is 6.30. The first-order valence-corrected chi connectivity index (χ1v) is 8.54. The van der Waals surface area contributed by atoms with Crippen molar-refractivity contribution in [2.45, 2.75) is 6.42 Å². The number of ether oxygens (including phenoxy) is 1. The molecule has 26 heavy (non-hydrogen) atoms. The third-order valence-corrected chi connectivity index (χ3v) is 4.60. The number of carbonyl (C=O) groups is 1. The summed E-state index contributed by atoms with van der Waals surface area (Å²) in [5, 5.41) is 3.38. The zero-order chi connectivity index (χ0) is 18.7. The van der Waals surface area contributed by atoms with Crippen molar-refractivity contribution in [1.82, 2.24) is 14.9 Å². The zero-order valence-electron chi connectivity index (χ0n) is 14.5. The number of fused-ring (bicyclic) bond motifs is 1. The molecule has 0 aliphatic rings. The molecule has 3 aromatic rings. The van der Waals surface area contributed by atoms with Crippen LogP contribution in [0.1, 0.15) is 15.9 Å². The average Bonchev–Trinajstić information content (AvgIpc) is 2.66. The molecule has 7 heteroatoms. The van der Waals surface area contributed by atoms with E-state index in [9.17, 15) is 9.59 Å². The number of benzene rings is 2. The van der Waals surface area contributed by atoms with Gasteiger partial charge in [0.2, 0.25) is 0 Å². The Balaban J connectivity index is 1.70. The second-order valence-electron chi connectivity index (χ2n) is 5.91. The number of nitrogens with zero attached hydrogens (tertiary/aromatic N) is 1. The molecule has 1 aromatic heterocycles. The van der Waals surface area contributed by atoms with Crippen LogP contribution in [0.2, 0.25) is 0 Å². The Kier molecular flexibility index (Phi) is 5.18. The van der Waals surface area contributed by atoms with Crippen LogP contribution >= 0.6 is 12.2 Å². The Bertz CT molecular complexity index is 1070. The van der Waals surface area contributed by atoms with Crippen molar-refractivity contribution in [2.24, 2.45) is 7.05 Å². The fourth-order valence-electron chi connectivity index (χ4n) is 2.66. The lowest BCUT2D eigenvalue weighted by Crippen LogP contribution is -2.26. The van der Waals surface area contributed by atoms with Gasteiger partial charge >= 0.3 is 0 Å². The molecule has 1 heterocycles. The smallest absolute Gasteiger partial charge is 0.261 e. The fraction of sp³-hybridized carbons (Fsp3) is 0.211. The van der Waals surface area contributed by atoms with E-state index in [1.165, 1.54) is 4.57 Å². The number of H-pyrrole nitrogens is 1. The van der Waals surface area contributed by atoms with E-state index in [0.29, 0.717) is 34.2 Å². The summed E-state index contributed by atoms with van der Waals surface area (Å²) in [5.74, 6) is 0.609. The van der Waals surface area contributed by atoms with Crippen molar-refractivity contribution < 1.29 is 9.53 Å². The number of aromatic nitrogens is 2. The third-order valence-electron chi connectivity index (χ3n) is 4.22. The molecule has 0 bridgehead atoms. The number of hydrogen-bond donors (Lipinski definition) is 2. The summed E-state index contributed by atoms with van der Waals surface area (Å²) < 4.78 is 6.81. The van der Waals surface area contributed by atoms with Crippen LogP contribution in [-0.4, -0.2) is 29.1 Å². The average molecular weight is 369 g/mol. The molecule has 0 unspecified atom stereocenters. The lowest BCUT2D eigenvalue weighted by Gasteiger charge is -2.08. The Morgan fingerprint density at radius 3 is 2.65 bits per heavy atom. The van der Waals surface area contributed by atoms with E-state index in [-0.39, 0.29) is 11.5 Å². The molecule has 0 radical (unpaired) electrons. The number of hydrogen-bond acceptors (Lipinski definition) is 4. The lowest BCUT2D eigenvalue weighted by molar-refractivity contribution is 0.0954. The summed E-state index contributed by atoms with van der Waals surface area (Å²) in [6.45, 7) is 0.510. The van der Waals surface area contributed by atoms with E-state index in [0.717, 1.165) is 11.3 Å². The maximum Gasteiger partial charge on any atom is 0.261 e. The van der Waals surface area contributed by atoms with E-state index in [1.54, 1.807) is 32.4 Å². The van der Waals surface area contributed by atoms with E-state index in [1.807, 2.05) is 24.3 Å².